The summed E-state index contributed by atoms with van der Waals surface area (Å²) in [5.41, 5.74) is 8.25. The van der Waals surface area contributed by atoms with Crippen LogP contribution in [0.5, 0.6) is 5.75 Å². The number of aryl methyl sites for hydroxylation is 1. The Morgan fingerprint density at radius 1 is 0.934 bits per heavy atom. The molecule has 2 N–H and O–H groups in total. The van der Waals surface area contributed by atoms with Gasteiger partial charge < -0.3 is 33.3 Å². The summed E-state index contributed by atoms with van der Waals surface area (Å²) in [4.78, 5) is 51.9. The second-order valence-electron chi connectivity index (χ2n) is 18.6. The van der Waals surface area contributed by atoms with E-state index in [0.717, 1.165) is 54.0 Å². The summed E-state index contributed by atoms with van der Waals surface area (Å²) in [6.45, 7) is 23.1. The normalized spacial score (nSPS) is 17.1. The number of hydrazine groups is 1. The first-order chi connectivity index (χ1) is 28.8. The number of hydrogen-bond donors (Lipinski definition) is 2. The van der Waals surface area contributed by atoms with Gasteiger partial charge in [-0.15, -0.1) is 0 Å². The maximum atomic E-state index is 14.4. The lowest BCUT2D eigenvalue weighted by molar-refractivity contribution is -0.150. The number of carbonyl (C=O) groups is 4. The fourth-order valence-corrected chi connectivity index (χ4v) is 14.6. The molecule has 3 heterocycles. The van der Waals surface area contributed by atoms with Gasteiger partial charge in [0.15, 0.2) is 0 Å². The minimum absolute atomic E-state index is 0.131. The van der Waals surface area contributed by atoms with E-state index in [-0.39, 0.29) is 12.4 Å². The highest BCUT2D eigenvalue weighted by Gasteiger charge is 2.47. The fourth-order valence-electron chi connectivity index (χ4n) is 9.36. The number of hydrogen-bond acceptors (Lipinski definition) is 10. The molecule has 3 aromatic rings. The van der Waals surface area contributed by atoms with Crippen LogP contribution in [-0.2, 0) is 46.3 Å². The van der Waals surface area contributed by atoms with Gasteiger partial charge in [-0.05, 0) is 116 Å². The third kappa shape index (κ3) is 12.0. The van der Waals surface area contributed by atoms with Crippen molar-refractivity contribution >= 4 is 43.2 Å². The Bertz CT molecular complexity index is 1980. The predicted octanol–water partition coefficient (Wildman–Crippen LogP) is 8.81. The summed E-state index contributed by atoms with van der Waals surface area (Å²) in [6.07, 6.45) is 5.36. The molecule has 5 rings (SSSR count). The highest BCUT2D eigenvalue weighted by atomic mass is 28.4. The molecule has 0 spiro atoms. The number of esters is 2. The second kappa shape index (κ2) is 20.6. The molecule has 2 fully saturated rings. The van der Waals surface area contributed by atoms with E-state index in [4.69, 9.17) is 23.4 Å². The summed E-state index contributed by atoms with van der Waals surface area (Å²) in [5, 5.41) is 5.48. The lowest BCUT2D eigenvalue weighted by Crippen LogP contribution is -2.60. The van der Waals surface area contributed by atoms with Crippen molar-refractivity contribution in [1.82, 2.24) is 20.3 Å². The number of nitrogens with zero attached hydrogens (tertiary/aromatic N) is 2. The van der Waals surface area contributed by atoms with Crippen molar-refractivity contribution in [2.75, 3.05) is 33.5 Å². The molecule has 0 radical (unpaired) electrons. The van der Waals surface area contributed by atoms with Crippen molar-refractivity contribution < 1.29 is 42.6 Å². The second-order valence-corrected chi connectivity index (χ2v) is 24.0. The molecule has 0 saturated carbocycles. The van der Waals surface area contributed by atoms with Gasteiger partial charge in [0.25, 0.3) is 14.2 Å². The molecule has 2 aromatic carbocycles. The van der Waals surface area contributed by atoms with Gasteiger partial charge in [-0.2, -0.15) is 0 Å². The van der Waals surface area contributed by atoms with Crippen LogP contribution in [0.2, 0.25) is 16.6 Å². The quantitative estimate of drug-likeness (QED) is 0.0620. The number of benzene rings is 2. The Kier molecular flexibility index (Phi) is 16.1. The fraction of sp³-hybridized carbons (Fsp3) is 0.617. The zero-order valence-electron chi connectivity index (χ0n) is 38.4. The van der Waals surface area contributed by atoms with Crippen molar-refractivity contribution in [2.24, 2.45) is 0 Å². The topological polar surface area (TPSA) is 147 Å². The van der Waals surface area contributed by atoms with Crippen LogP contribution in [0.1, 0.15) is 118 Å². The summed E-state index contributed by atoms with van der Waals surface area (Å²) in [5.74, 6) is -0.0333. The number of fused-ring (bicyclic) bond motifs is 1. The lowest BCUT2D eigenvalue weighted by Gasteiger charge is -2.42. The minimum Gasteiger partial charge on any atom is -0.543 e. The highest BCUT2D eigenvalue weighted by molar-refractivity contribution is 6.78. The molecule has 2 aliphatic rings. The number of aromatic nitrogens is 1. The van der Waals surface area contributed by atoms with Gasteiger partial charge in [0.1, 0.15) is 23.4 Å². The first-order valence-corrected chi connectivity index (χ1v) is 24.3. The zero-order chi connectivity index (χ0) is 44.6. The average molecular weight is 863 g/mol. The summed E-state index contributed by atoms with van der Waals surface area (Å²) >= 11 is 0. The molecular formula is C47H70N4O9Si. The van der Waals surface area contributed by atoms with Gasteiger partial charge in [0.2, 0.25) is 0 Å². The van der Waals surface area contributed by atoms with E-state index in [0.29, 0.717) is 61.5 Å². The molecule has 0 aliphatic carbocycles. The molecule has 2 amide bonds. The number of carbonyl (C=O) groups excluding carboxylic acids is 4. The maximum Gasteiger partial charge on any atom is 0.408 e. The van der Waals surface area contributed by atoms with Gasteiger partial charge >= 0.3 is 18.0 Å². The Morgan fingerprint density at radius 3 is 2.25 bits per heavy atom. The summed E-state index contributed by atoms with van der Waals surface area (Å²) < 4.78 is 31.3. The molecule has 2 atom stereocenters. The SMILES string of the molecule is COC(=O)C1CCCN(C(=O)C(Cc2cc(O[Si](C(C)C)(C(C)C)C(C)C)cc(-c3ccc4c(C5CCOCC5)cn(CCCOC(C)=O)c4c3)c2)NC(=O)OC(C)(C)C)N1. The molecule has 13 nitrogen and oxygen atoms in total. The standard InChI is InChI=1S/C47H70N4O9Si/c1-30(2)61(31(3)4,32(5)6)60-38-25-34(26-42(48-46(55)59-47(8,9)10)44(53)51-20-12-14-41(49-51)45(54)56-11)24-37(27-38)36-15-16-39-40(35-17-22-57-23-18-35)29-50(43(39)28-36)19-13-21-58-33(7)52/h15-16,24-25,27-32,35,41-42,49H,12-14,17-23,26H2,1-11H3,(H,48,55). The highest BCUT2D eigenvalue weighted by Crippen LogP contribution is 2.44. The van der Waals surface area contributed by atoms with Crippen LogP contribution in [0, 0.1) is 0 Å². The van der Waals surface area contributed by atoms with E-state index >= 15 is 0 Å². The van der Waals surface area contributed by atoms with Crippen LogP contribution >= 0.6 is 0 Å². The molecule has 2 unspecified atom stereocenters. The number of methoxy groups -OCH3 is 1. The molecule has 0 bridgehead atoms. The monoisotopic (exact) mass is 862 g/mol. The number of rotatable bonds is 16. The Morgan fingerprint density at radius 2 is 1.62 bits per heavy atom. The van der Waals surface area contributed by atoms with Gasteiger partial charge in [0.05, 0.1) is 13.7 Å². The van der Waals surface area contributed by atoms with E-state index in [9.17, 15) is 19.2 Å². The third-order valence-electron chi connectivity index (χ3n) is 12.1. The van der Waals surface area contributed by atoms with Gasteiger partial charge in [-0.1, -0.05) is 59.7 Å². The first-order valence-electron chi connectivity index (χ1n) is 22.1. The molecular weight excluding hydrogens is 793 g/mol. The van der Waals surface area contributed by atoms with Crippen molar-refractivity contribution in [3.8, 4) is 16.9 Å². The van der Waals surface area contributed by atoms with Gasteiger partial charge in [-0.25, -0.2) is 10.2 Å². The molecule has 2 aliphatic heterocycles. The Labute approximate surface area is 363 Å². The minimum atomic E-state index is -2.44. The smallest absolute Gasteiger partial charge is 0.408 e. The summed E-state index contributed by atoms with van der Waals surface area (Å²) in [7, 11) is -1.12. The Balaban J connectivity index is 1.62. The van der Waals surface area contributed by atoms with Crippen LogP contribution in [0.15, 0.2) is 42.6 Å². The van der Waals surface area contributed by atoms with Gasteiger partial charge in [0, 0.05) is 56.7 Å². The van der Waals surface area contributed by atoms with E-state index in [2.05, 4.69) is 93.4 Å². The molecule has 14 heteroatoms. The van der Waals surface area contributed by atoms with E-state index < -0.39 is 44.0 Å². The maximum absolute atomic E-state index is 14.4. The van der Waals surface area contributed by atoms with Crippen molar-refractivity contribution in [1.29, 1.82) is 0 Å². The van der Waals surface area contributed by atoms with Crippen LogP contribution in [0.25, 0.3) is 22.0 Å². The Hall–Kier alpha value is -4.40. The molecule has 61 heavy (non-hydrogen) atoms. The number of ether oxygens (including phenoxy) is 4. The van der Waals surface area contributed by atoms with Crippen molar-refractivity contribution in [3.05, 3.63) is 53.7 Å². The zero-order valence-corrected chi connectivity index (χ0v) is 39.4. The number of alkyl carbamates (subject to hydrolysis) is 1. The van der Waals surface area contributed by atoms with Crippen LogP contribution < -0.4 is 15.2 Å². The van der Waals surface area contributed by atoms with E-state index in [1.165, 1.54) is 30.0 Å². The average Bonchev–Trinajstić information content (AvgIpc) is 3.57. The van der Waals surface area contributed by atoms with Crippen LogP contribution in [0.4, 0.5) is 4.79 Å². The van der Waals surface area contributed by atoms with E-state index in [1.807, 2.05) is 6.07 Å². The van der Waals surface area contributed by atoms with Crippen LogP contribution in [0.3, 0.4) is 0 Å². The van der Waals surface area contributed by atoms with Crippen LogP contribution in [-0.4, -0.2) is 93.0 Å². The third-order valence-corrected chi connectivity index (χ3v) is 18.1. The molecule has 336 valence electrons. The van der Waals surface area contributed by atoms with Gasteiger partial charge in [-0.3, -0.25) is 19.4 Å². The molecule has 2 saturated heterocycles. The van der Waals surface area contributed by atoms with Crippen molar-refractivity contribution in [3.63, 3.8) is 0 Å². The predicted molar refractivity (Wildman–Crippen MR) is 240 cm³/mol. The first kappa shape index (κ1) is 47.6. The molecule has 1 aromatic heterocycles. The van der Waals surface area contributed by atoms with E-state index in [1.54, 1.807) is 20.8 Å². The number of nitrogens with one attached hydrogen (secondary N) is 2. The lowest BCUT2D eigenvalue weighted by atomic mass is 9.91. The largest absolute Gasteiger partial charge is 0.543 e. The number of amides is 2. The van der Waals surface area contributed by atoms with Crippen molar-refractivity contribution in [2.45, 2.75) is 155 Å². The summed E-state index contributed by atoms with van der Waals surface area (Å²) in [6, 6.07) is 11.0.